The number of nitrogens with zero attached hydrogens (tertiary/aromatic N) is 4. The van der Waals surface area contributed by atoms with Crippen molar-refractivity contribution in [3.63, 3.8) is 0 Å². The molecular weight excluding hydrogens is 428 g/mol. The molecule has 0 amide bonds. The second-order valence-corrected chi connectivity index (χ2v) is 9.81. The van der Waals surface area contributed by atoms with Crippen LogP contribution in [0.5, 0.6) is 0 Å². The maximum Gasteiger partial charge on any atom is 0.263 e. The van der Waals surface area contributed by atoms with Crippen molar-refractivity contribution in [1.29, 1.82) is 0 Å². The van der Waals surface area contributed by atoms with Gasteiger partial charge in [0, 0.05) is 17.0 Å². The molecule has 0 saturated heterocycles. The van der Waals surface area contributed by atoms with Crippen molar-refractivity contribution in [2.75, 3.05) is 0 Å². The molecule has 1 unspecified atom stereocenters. The molecule has 0 N–H and O–H groups in total. The minimum absolute atomic E-state index is 0.0231. The first-order valence-electron chi connectivity index (χ1n) is 10.3. The van der Waals surface area contributed by atoms with Gasteiger partial charge in [-0.2, -0.15) is 0 Å². The van der Waals surface area contributed by atoms with Crippen LogP contribution in [0.1, 0.15) is 29.7 Å². The molecule has 0 radical (unpaired) electrons. The van der Waals surface area contributed by atoms with E-state index < -0.39 is 0 Å². The molecule has 1 atom stereocenters. The molecule has 158 valence electrons. The van der Waals surface area contributed by atoms with E-state index in [9.17, 15) is 4.79 Å². The topological polar surface area (TPSA) is 73.8 Å². The van der Waals surface area contributed by atoms with Gasteiger partial charge in [-0.05, 0) is 42.9 Å². The first-order valence-corrected chi connectivity index (χ1v) is 12.1. The van der Waals surface area contributed by atoms with Crippen LogP contribution < -0.4 is 5.56 Å². The van der Waals surface area contributed by atoms with Crippen molar-refractivity contribution in [3.05, 3.63) is 69.7 Å². The van der Waals surface area contributed by atoms with E-state index in [2.05, 4.69) is 23.7 Å². The third-order valence-electron chi connectivity index (χ3n) is 5.50. The fourth-order valence-corrected chi connectivity index (χ4v) is 6.21. The van der Waals surface area contributed by atoms with Crippen LogP contribution in [-0.2, 0) is 25.1 Å². The number of rotatable bonds is 6. The van der Waals surface area contributed by atoms with Crippen molar-refractivity contribution in [2.24, 2.45) is 5.92 Å². The number of aromatic nitrogens is 4. The van der Waals surface area contributed by atoms with Crippen LogP contribution in [0.15, 0.2) is 57.4 Å². The standard InChI is InChI=1S/C23H22N4O2S2/c1-3-11-27-22(28)19-16-10-9-14(2)12-17(16)31-21(19)24-23(27)30-13-18-25-26-20(29-18)15-7-5-4-6-8-15/h3-8,14H,1,9-13H2,2H3. The molecular formula is C23H22N4O2S2. The molecule has 3 aromatic heterocycles. The summed E-state index contributed by atoms with van der Waals surface area (Å²) in [6, 6.07) is 9.67. The van der Waals surface area contributed by atoms with Gasteiger partial charge in [-0.25, -0.2) is 4.98 Å². The van der Waals surface area contributed by atoms with Crippen LogP contribution in [0.4, 0.5) is 0 Å². The maximum atomic E-state index is 13.4. The van der Waals surface area contributed by atoms with Crippen LogP contribution in [0.25, 0.3) is 21.7 Å². The third-order valence-corrected chi connectivity index (χ3v) is 7.61. The van der Waals surface area contributed by atoms with Gasteiger partial charge in [0.2, 0.25) is 11.8 Å². The molecule has 0 bridgehead atoms. The Labute approximate surface area is 188 Å². The number of allylic oxidation sites excluding steroid dienone is 1. The zero-order valence-electron chi connectivity index (χ0n) is 17.2. The Bertz CT molecular complexity index is 1310. The summed E-state index contributed by atoms with van der Waals surface area (Å²) in [5.74, 6) is 2.09. The highest BCUT2D eigenvalue weighted by Gasteiger charge is 2.24. The molecule has 0 spiro atoms. The molecule has 1 aliphatic carbocycles. The van der Waals surface area contributed by atoms with Gasteiger partial charge in [-0.3, -0.25) is 9.36 Å². The number of hydrogen-bond acceptors (Lipinski definition) is 7. The van der Waals surface area contributed by atoms with Crippen molar-refractivity contribution >= 4 is 33.3 Å². The fourth-order valence-electron chi connectivity index (χ4n) is 3.94. The van der Waals surface area contributed by atoms with E-state index in [0.717, 1.165) is 35.0 Å². The lowest BCUT2D eigenvalue weighted by molar-refractivity contribution is 0.509. The average Bonchev–Trinajstić information content (AvgIpc) is 3.39. The molecule has 6 nitrogen and oxygen atoms in total. The van der Waals surface area contributed by atoms with Crippen molar-refractivity contribution in [3.8, 4) is 11.5 Å². The van der Waals surface area contributed by atoms with Crippen LogP contribution in [0.2, 0.25) is 0 Å². The molecule has 0 saturated carbocycles. The quantitative estimate of drug-likeness (QED) is 0.231. The van der Waals surface area contributed by atoms with E-state index in [4.69, 9.17) is 9.40 Å². The summed E-state index contributed by atoms with van der Waals surface area (Å²) in [4.78, 5) is 20.4. The minimum Gasteiger partial charge on any atom is -0.420 e. The average molecular weight is 451 g/mol. The predicted molar refractivity (Wildman–Crippen MR) is 125 cm³/mol. The number of fused-ring (bicyclic) bond motifs is 3. The second kappa shape index (κ2) is 8.43. The fraction of sp³-hybridized carbons (Fsp3) is 0.304. The lowest BCUT2D eigenvalue weighted by atomic mass is 9.89. The smallest absolute Gasteiger partial charge is 0.263 e. The summed E-state index contributed by atoms with van der Waals surface area (Å²) < 4.78 is 7.52. The van der Waals surface area contributed by atoms with E-state index in [1.165, 1.54) is 22.2 Å². The van der Waals surface area contributed by atoms with E-state index in [0.29, 0.717) is 35.2 Å². The summed E-state index contributed by atoms with van der Waals surface area (Å²) in [6.07, 6.45) is 4.85. The number of aryl methyl sites for hydroxylation is 1. The number of hydrogen-bond donors (Lipinski definition) is 0. The Hall–Kier alpha value is -2.71. The second-order valence-electron chi connectivity index (χ2n) is 7.79. The number of benzene rings is 1. The highest BCUT2D eigenvalue weighted by molar-refractivity contribution is 7.98. The highest BCUT2D eigenvalue weighted by Crippen LogP contribution is 2.36. The van der Waals surface area contributed by atoms with E-state index in [1.54, 1.807) is 22.0 Å². The maximum absolute atomic E-state index is 13.4. The highest BCUT2D eigenvalue weighted by atomic mass is 32.2. The number of thiophene rings is 1. The SMILES string of the molecule is C=CCn1c(SCc2nnc(-c3ccccc3)o2)nc2sc3c(c2c1=O)CCC(C)C3. The Morgan fingerprint density at radius 3 is 2.97 bits per heavy atom. The van der Waals surface area contributed by atoms with Gasteiger partial charge in [-0.15, -0.1) is 28.1 Å². The van der Waals surface area contributed by atoms with Crippen LogP contribution in [0, 0.1) is 5.92 Å². The molecule has 5 rings (SSSR count). The molecule has 0 aliphatic heterocycles. The molecule has 31 heavy (non-hydrogen) atoms. The van der Waals surface area contributed by atoms with E-state index >= 15 is 0 Å². The first kappa shape index (κ1) is 20.2. The van der Waals surface area contributed by atoms with Gasteiger partial charge < -0.3 is 4.42 Å². The lowest BCUT2D eigenvalue weighted by Crippen LogP contribution is -2.23. The normalized spacial score (nSPS) is 15.8. The number of thioether (sulfide) groups is 1. The van der Waals surface area contributed by atoms with Crippen LogP contribution >= 0.6 is 23.1 Å². The summed E-state index contributed by atoms with van der Waals surface area (Å²) in [5.41, 5.74) is 2.11. The van der Waals surface area contributed by atoms with Crippen LogP contribution in [-0.4, -0.2) is 19.7 Å². The van der Waals surface area contributed by atoms with Gasteiger partial charge in [0.05, 0.1) is 11.1 Å². The largest absolute Gasteiger partial charge is 0.420 e. The van der Waals surface area contributed by atoms with Crippen molar-refractivity contribution in [2.45, 2.75) is 43.6 Å². The van der Waals surface area contributed by atoms with Crippen LogP contribution in [0.3, 0.4) is 0 Å². The summed E-state index contributed by atoms with van der Waals surface area (Å²) in [6.45, 7) is 6.51. The lowest BCUT2D eigenvalue weighted by Gasteiger charge is -2.17. The summed E-state index contributed by atoms with van der Waals surface area (Å²) in [5, 5.41) is 9.75. The monoisotopic (exact) mass is 450 g/mol. The Morgan fingerprint density at radius 1 is 1.32 bits per heavy atom. The van der Waals surface area contributed by atoms with Gasteiger partial charge in [0.25, 0.3) is 5.56 Å². The molecule has 8 heteroatoms. The van der Waals surface area contributed by atoms with Crippen molar-refractivity contribution in [1.82, 2.24) is 19.7 Å². The van der Waals surface area contributed by atoms with Gasteiger partial charge in [0.1, 0.15) is 4.83 Å². The van der Waals surface area contributed by atoms with Crippen molar-refractivity contribution < 1.29 is 4.42 Å². The first-order chi connectivity index (χ1) is 15.1. The molecule has 1 aliphatic rings. The zero-order valence-corrected chi connectivity index (χ0v) is 18.8. The van der Waals surface area contributed by atoms with E-state index in [1.807, 2.05) is 30.3 Å². The van der Waals surface area contributed by atoms with Gasteiger partial charge in [0.15, 0.2) is 5.16 Å². The zero-order chi connectivity index (χ0) is 21.4. The molecule has 4 aromatic rings. The summed E-state index contributed by atoms with van der Waals surface area (Å²) >= 11 is 3.11. The Kier molecular flexibility index (Phi) is 5.50. The minimum atomic E-state index is 0.0231. The Morgan fingerprint density at radius 2 is 2.16 bits per heavy atom. The molecule has 1 aromatic carbocycles. The third kappa shape index (κ3) is 3.85. The predicted octanol–water partition coefficient (Wildman–Crippen LogP) is 5.11. The Balaban J connectivity index is 1.47. The van der Waals surface area contributed by atoms with E-state index in [-0.39, 0.29) is 5.56 Å². The molecule has 3 heterocycles. The molecule has 0 fully saturated rings. The van der Waals surface area contributed by atoms with Gasteiger partial charge >= 0.3 is 0 Å². The van der Waals surface area contributed by atoms with Gasteiger partial charge in [-0.1, -0.05) is 43.0 Å². The summed E-state index contributed by atoms with van der Waals surface area (Å²) in [7, 11) is 0.